The Morgan fingerprint density at radius 3 is 2.86 bits per heavy atom. The molecule has 1 aliphatic heterocycles. The molecule has 0 aliphatic carbocycles. The standard InChI is InChI=1S/C13H19ClN2O5/c1-13(2,19-3)21-9-4-5-20-11(9)16-7-8(6-14)10(17)15-12(16)18/h7,9,11H,4-6H2,1-3H3,(H,15,17,18)/t9?,11-/m1/s1. The average molecular weight is 319 g/mol. The Hall–Kier alpha value is -1.15. The number of methoxy groups -OCH3 is 1. The summed E-state index contributed by atoms with van der Waals surface area (Å²) in [5.41, 5.74) is -0.736. The summed E-state index contributed by atoms with van der Waals surface area (Å²) in [7, 11) is 1.54. The molecule has 0 bridgehead atoms. The van der Waals surface area contributed by atoms with Crippen LogP contribution in [0.5, 0.6) is 0 Å². The summed E-state index contributed by atoms with van der Waals surface area (Å²) in [6.45, 7) is 4.02. The van der Waals surface area contributed by atoms with Gasteiger partial charge in [-0.3, -0.25) is 14.3 Å². The smallest absolute Gasteiger partial charge is 0.330 e. The Bertz CT molecular complexity index is 609. The number of H-pyrrole nitrogens is 1. The largest absolute Gasteiger partial charge is 0.355 e. The Kier molecular flexibility index (Phi) is 4.88. The summed E-state index contributed by atoms with van der Waals surface area (Å²) in [6.07, 6.45) is 1.07. The first kappa shape index (κ1) is 16.2. The maximum Gasteiger partial charge on any atom is 0.330 e. The van der Waals surface area contributed by atoms with Gasteiger partial charge in [0.1, 0.15) is 6.10 Å². The highest BCUT2D eigenvalue weighted by atomic mass is 35.5. The van der Waals surface area contributed by atoms with Crippen LogP contribution in [0.3, 0.4) is 0 Å². The molecule has 1 unspecified atom stereocenters. The maximum atomic E-state index is 12.0. The van der Waals surface area contributed by atoms with E-state index in [1.807, 2.05) is 0 Å². The molecule has 0 aromatic carbocycles. The Morgan fingerprint density at radius 2 is 2.24 bits per heavy atom. The summed E-state index contributed by atoms with van der Waals surface area (Å²) >= 11 is 5.70. The molecule has 0 radical (unpaired) electrons. The van der Waals surface area contributed by atoms with E-state index in [1.165, 1.54) is 10.8 Å². The minimum Gasteiger partial charge on any atom is -0.355 e. The molecule has 1 fully saturated rings. The predicted molar refractivity (Wildman–Crippen MR) is 76.4 cm³/mol. The van der Waals surface area contributed by atoms with Crippen LogP contribution >= 0.6 is 11.6 Å². The molecule has 2 rings (SSSR count). The first-order chi connectivity index (χ1) is 9.88. The van der Waals surface area contributed by atoms with Crippen LogP contribution in [0, 0.1) is 0 Å². The van der Waals surface area contributed by atoms with E-state index in [2.05, 4.69) is 4.98 Å². The molecule has 2 heterocycles. The Labute approximate surface area is 126 Å². The van der Waals surface area contributed by atoms with Gasteiger partial charge in [0.05, 0.1) is 12.5 Å². The van der Waals surface area contributed by atoms with E-state index in [0.717, 1.165) is 0 Å². The third kappa shape index (κ3) is 3.55. The topological polar surface area (TPSA) is 82.6 Å². The lowest BCUT2D eigenvalue weighted by Gasteiger charge is -2.30. The molecule has 1 N–H and O–H groups in total. The van der Waals surface area contributed by atoms with E-state index in [4.69, 9.17) is 25.8 Å². The molecule has 0 spiro atoms. The number of alkyl halides is 1. The van der Waals surface area contributed by atoms with Crippen LogP contribution in [0.25, 0.3) is 0 Å². The maximum absolute atomic E-state index is 12.0. The summed E-state index contributed by atoms with van der Waals surface area (Å²) in [5.74, 6) is -0.783. The number of aromatic nitrogens is 2. The summed E-state index contributed by atoms with van der Waals surface area (Å²) in [4.78, 5) is 25.8. The molecule has 0 amide bonds. The number of aromatic amines is 1. The van der Waals surface area contributed by atoms with E-state index in [-0.39, 0.29) is 12.0 Å². The lowest BCUT2D eigenvalue weighted by atomic mass is 10.2. The van der Waals surface area contributed by atoms with Gasteiger partial charge < -0.3 is 14.2 Å². The van der Waals surface area contributed by atoms with Gasteiger partial charge in [-0.25, -0.2) is 4.79 Å². The van der Waals surface area contributed by atoms with Gasteiger partial charge in [-0.15, -0.1) is 11.6 Å². The van der Waals surface area contributed by atoms with Gasteiger partial charge in [-0.1, -0.05) is 0 Å². The Balaban J connectivity index is 2.32. The van der Waals surface area contributed by atoms with Crippen molar-refractivity contribution in [1.82, 2.24) is 9.55 Å². The Morgan fingerprint density at radius 1 is 1.52 bits per heavy atom. The highest BCUT2D eigenvalue weighted by Crippen LogP contribution is 2.29. The number of rotatable bonds is 5. The van der Waals surface area contributed by atoms with Crippen molar-refractivity contribution in [3.63, 3.8) is 0 Å². The van der Waals surface area contributed by atoms with Crippen molar-refractivity contribution in [3.05, 3.63) is 32.6 Å². The highest BCUT2D eigenvalue weighted by molar-refractivity contribution is 6.17. The highest BCUT2D eigenvalue weighted by Gasteiger charge is 2.36. The molecule has 8 heteroatoms. The first-order valence-electron chi connectivity index (χ1n) is 6.63. The third-order valence-electron chi connectivity index (χ3n) is 3.40. The van der Waals surface area contributed by atoms with Crippen LogP contribution in [0.4, 0.5) is 0 Å². The summed E-state index contributed by atoms with van der Waals surface area (Å²) in [6, 6.07) is 0. The zero-order valence-corrected chi connectivity index (χ0v) is 13.0. The fourth-order valence-electron chi connectivity index (χ4n) is 2.16. The molecule has 1 aliphatic rings. The zero-order chi connectivity index (χ0) is 15.6. The van der Waals surface area contributed by atoms with Crippen LogP contribution < -0.4 is 11.2 Å². The lowest BCUT2D eigenvalue weighted by molar-refractivity contribution is -0.237. The monoisotopic (exact) mass is 318 g/mol. The van der Waals surface area contributed by atoms with Crippen molar-refractivity contribution in [3.8, 4) is 0 Å². The number of nitrogens with zero attached hydrogens (tertiary/aromatic N) is 1. The summed E-state index contributed by atoms with van der Waals surface area (Å²) < 4.78 is 18.0. The number of ether oxygens (including phenoxy) is 3. The van der Waals surface area contributed by atoms with Gasteiger partial charge in [0, 0.05) is 25.3 Å². The molecule has 7 nitrogen and oxygen atoms in total. The molecule has 21 heavy (non-hydrogen) atoms. The molecule has 1 aromatic rings. The quantitative estimate of drug-likeness (QED) is 0.646. The molecular weight excluding hydrogens is 300 g/mol. The van der Waals surface area contributed by atoms with E-state index in [1.54, 1.807) is 21.0 Å². The van der Waals surface area contributed by atoms with Gasteiger partial charge >= 0.3 is 5.69 Å². The van der Waals surface area contributed by atoms with Crippen molar-refractivity contribution < 1.29 is 14.2 Å². The number of hydrogen-bond donors (Lipinski definition) is 1. The van der Waals surface area contributed by atoms with Gasteiger partial charge in [-0.2, -0.15) is 0 Å². The van der Waals surface area contributed by atoms with Gasteiger partial charge in [0.25, 0.3) is 5.56 Å². The number of nitrogens with one attached hydrogen (secondary N) is 1. The molecule has 2 atom stereocenters. The van der Waals surface area contributed by atoms with Gasteiger partial charge in [0.2, 0.25) is 0 Å². The van der Waals surface area contributed by atoms with E-state index >= 15 is 0 Å². The second-order valence-electron chi connectivity index (χ2n) is 5.26. The van der Waals surface area contributed by atoms with Crippen LogP contribution in [0.15, 0.2) is 15.8 Å². The lowest BCUT2D eigenvalue weighted by Crippen LogP contribution is -2.40. The third-order valence-corrected chi connectivity index (χ3v) is 3.68. The first-order valence-corrected chi connectivity index (χ1v) is 7.16. The fraction of sp³-hybridized carbons (Fsp3) is 0.692. The van der Waals surface area contributed by atoms with E-state index < -0.39 is 23.3 Å². The van der Waals surface area contributed by atoms with E-state index in [9.17, 15) is 9.59 Å². The van der Waals surface area contributed by atoms with Crippen LogP contribution in [0.1, 0.15) is 32.1 Å². The molecule has 1 saturated heterocycles. The SMILES string of the molecule is COC(C)(C)OC1CCO[C@H]1n1cc(CCl)c(=O)[nH]c1=O. The van der Waals surface area contributed by atoms with Crippen LogP contribution in [-0.4, -0.2) is 35.2 Å². The van der Waals surface area contributed by atoms with Crippen molar-refractivity contribution in [2.45, 2.75) is 44.3 Å². The van der Waals surface area contributed by atoms with Crippen molar-refractivity contribution in [2.24, 2.45) is 0 Å². The second-order valence-corrected chi connectivity index (χ2v) is 5.53. The zero-order valence-electron chi connectivity index (χ0n) is 12.2. The molecule has 0 saturated carbocycles. The molecule has 118 valence electrons. The predicted octanol–water partition coefficient (Wildman–Crippen LogP) is 0.962. The van der Waals surface area contributed by atoms with Crippen LogP contribution in [-0.2, 0) is 20.1 Å². The van der Waals surface area contributed by atoms with Crippen LogP contribution in [0.2, 0.25) is 0 Å². The average Bonchev–Trinajstić information content (AvgIpc) is 2.86. The number of halogens is 1. The van der Waals surface area contributed by atoms with E-state index in [0.29, 0.717) is 18.6 Å². The normalized spacial score (nSPS) is 22.7. The molecule has 1 aromatic heterocycles. The minimum absolute atomic E-state index is 0.0113. The number of hydrogen-bond acceptors (Lipinski definition) is 5. The van der Waals surface area contributed by atoms with Crippen molar-refractivity contribution in [1.29, 1.82) is 0 Å². The van der Waals surface area contributed by atoms with Gasteiger partial charge in [0.15, 0.2) is 12.0 Å². The van der Waals surface area contributed by atoms with Crippen molar-refractivity contribution >= 4 is 11.6 Å². The molecular formula is C13H19ClN2O5. The fourth-order valence-corrected chi connectivity index (χ4v) is 2.35. The second kappa shape index (κ2) is 6.31. The van der Waals surface area contributed by atoms with Crippen molar-refractivity contribution in [2.75, 3.05) is 13.7 Å². The minimum atomic E-state index is -0.794. The van der Waals surface area contributed by atoms with Gasteiger partial charge in [-0.05, 0) is 13.8 Å². The summed E-state index contributed by atoms with van der Waals surface area (Å²) in [5, 5.41) is 0.